The van der Waals surface area contributed by atoms with Crippen LogP contribution >= 0.6 is 0 Å². The van der Waals surface area contributed by atoms with Gasteiger partial charge in [0.25, 0.3) is 0 Å². The van der Waals surface area contributed by atoms with Gasteiger partial charge in [-0.15, -0.1) is 0 Å². The van der Waals surface area contributed by atoms with Gasteiger partial charge in [-0.3, -0.25) is 4.79 Å². The highest BCUT2D eigenvalue weighted by Crippen LogP contribution is 2.26. The third kappa shape index (κ3) is 3.05. The molecule has 1 aromatic carbocycles. The molecule has 1 aliphatic heterocycles. The van der Waals surface area contributed by atoms with Crippen LogP contribution in [0, 0.1) is 5.82 Å². The van der Waals surface area contributed by atoms with Gasteiger partial charge in [-0.05, 0) is 30.5 Å². The van der Waals surface area contributed by atoms with E-state index in [1.54, 1.807) is 6.92 Å². The first-order valence-electron chi connectivity index (χ1n) is 6.18. The van der Waals surface area contributed by atoms with Crippen LogP contribution in [0.5, 0.6) is 0 Å². The fourth-order valence-electron chi connectivity index (χ4n) is 2.44. The van der Waals surface area contributed by atoms with Crippen LogP contribution in [0.4, 0.5) is 4.39 Å². The van der Waals surface area contributed by atoms with Crippen LogP contribution in [0.3, 0.4) is 0 Å². The number of hydrogen-bond acceptors (Lipinski definition) is 1. The fourth-order valence-corrected chi connectivity index (χ4v) is 2.44. The lowest BCUT2D eigenvalue weighted by Gasteiger charge is -2.23. The molecular weight excluding hydrogens is 217 g/mol. The van der Waals surface area contributed by atoms with Crippen molar-refractivity contribution in [2.75, 3.05) is 13.1 Å². The predicted molar refractivity (Wildman–Crippen MR) is 65.2 cm³/mol. The van der Waals surface area contributed by atoms with Gasteiger partial charge in [0.1, 0.15) is 5.82 Å². The van der Waals surface area contributed by atoms with Gasteiger partial charge in [-0.25, -0.2) is 4.39 Å². The van der Waals surface area contributed by atoms with E-state index in [4.69, 9.17) is 0 Å². The Morgan fingerprint density at radius 1 is 1.29 bits per heavy atom. The number of amides is 1. The quantitative estimate of drug-likeness (QED) is 0.733. The van der Waals surface area contributed by atoms with E-state index in [2.05, 4.69) is 0 Å². The molecule has 2 rings (SSSR count). The molecule has 1 fully saturated rings. The first kappa shape index (κ1) is 12.1. The van der Waals surface area contributed by atoms with Crippen LogP contribution in [-0.2, 0) is 4.79 Å². The molecule has 3 heteroatoms. The minimum Gasteiger partial charge on any atom is -0.342 e. The maximum Gasteiger partial charge on any atom is 0.219 e. The molecule has 0 unspecified atom stereocenters. The molecule has 0 aliphatic carbocycles. The second-order valence-electron chi connectivity index (χ2n) is 4.71. The van der Waals surface area contributed by atoms with E-state index < -0.39 is 0 Å². The monoisotopic (exact) mass is 235 g/mol. The molecule has 1 saturated heterocycles. The number of carbonyl (C=O) groups excluding carboxylic acids is 1. The van der Waals surface area contributed by atoms with Crippen molar-refractivity contribution in [3.63, 3.8) is 0 Å². The van der Waals surface area contributed by atoms with Crippen LogP contribution in [0.25, 0.3) is 0 Å². The van der Waals surface area contributed by atoms with Gasteiger partial charge in [0.05, 0.1) is 0 Å². The summed E-state index contributed by atoms with van der Waals surface area (Å²) in [6.45, 7) is 3.24. The van der Waals surface area contributed by atoms with Crippen molar-refractivity contribution in [3.8, 4) is 0 Å². The van der Waals surface area contributed by atoms with Gasteiger partial charge in [-0.1, -0.05) is 18.6 Å². The number of benzene rings is 1. The highest BCUT2D eigenvalue weighted by Gasteiger charge is 2.20. The summed E-state index contributed by atoms with van der Waals surface area (Å²) in [4.78, 5) is 13.4. The summed E-state index contributed by atoms with van der Waals surface area (Å²) in [5, 5.41) is 0. The molecule has 1 aromatic rings. The van der Waals surface area contributed by atoms with Crippen molar-refractivity contribution in [2.45, 2.75) is 32.1 Å². The molecular formula is C14H18FNO. The smallest absolute Gasteiger partial charge is 0.219 e. The Labute approximate surface area is 101 Å². The van der Waals surface area contributed by atoms with Crippen LogP contribution in [0.15, 0.2) is 24.3 Å². The highest BCUT2D eigenvalue weighted by molar-refractivity contribution is 5.73. The summed E-state index contributed by atoms with van der Waals surface area (Å²) in [7, 11) is 0. The highest BCUT2D eigenvalue weighted by atomic mass is 19.1. The maximum absolute atomic E-state index is 12.9. The average molecular weight is 235 g/mol. The van der Waals surface area contributed by atoms with Gasteiger partial charge in [0, 0.05) is 25.9 Å². The van der Waals surface area contributed by atoms with Crippen LogP contribution in [0.1, 0.15) is 37.7 Å². The molecule has 0 spiro atoms. The van der Waals surface area contributed by atoms with Gasteiger partial charge in [0.15, 0.2) is 0 Å². The van der Waals surface area contributed by atoms with E-state index >= 15 is 0 Å². The Morgan fingerprint density at radius 2 is 2.00 bits per heavy atom. The van der Waals surface area contributed by atoms with Crippen molar-refractivity contribution in [3.05, 3.63) is 35.6 Å². The second-order valence-corrected chi connectivity index (χ2v) is 4.71. The van der Waals surface area contributed by atoms with Crippen molar-refractivity contribution in [2.24, 2.45) is 0 Å². The summed E-state index contributed by atoms with van der Waals surface area (Å²) in [5.41, 5.74) is 1.14. The number of carbonyl (C=O) groups is 1. The molecule has 92 valence electrons. The fraction of sp³-hybridized carbons (Fsp3) is 0.500. The van der Waals surface area contributed by atoms with Crippen LogP contribution in [-0.4, -0.2) is 23.9 Å². The Morgan fingerprint density at radius 3 is 2.65 bits per heavy atom. The molecule has 1 aliphatic rings. The number of hydrogen-bond donors (Lipinski definition) is 0. The molecule has 0 N–H and O–H groups in total. The van der Waals surface area contributed by atoms with E-state index in [0.29, 0.717) is 5.92 Å². The number of halogens is 1. The average Bonchev–Trinajstić information content (AvgIpc) is 2.55. The standard InChI is InChI=1S/C14H18FNO/c1-11(17)16-9-3-2-4-13(10-16)12-5-7-14(15)8-6-12/h5-8,13H,2-4,9-10H2,1H3/t13-/m0/s1. The molecule has 1 amide bonds. The zero-order valence-corrected chi connectivity index (χ0v) is 10.2. The van der Waals surface area contributed by atoms with Crippen molar-refractivity contribution in [1.29, 1.82) is 0 Å². The third-order valence-electron chi connectivity index (χ3n) is 3.46. The van der Waals surface area contributed by atoms with Crippen molar-refractivity contribution in [1.82, 2.24) is 4.90 Å². The van der Waals surface area contributed by atoms with E-state index in [0.717, 1.165) is 37.9 Å². The van der Waals surface area contributed by atoms with E-state index in [1.807, 2.05) is 17.0 Å². The van der Waals surface area contributed by atoms with E-state index in [9.17, 15) is 9.18 Å². The van der Waals surface area contributed by atoms with Gasteiger partial charge >= 0.3 is 0 Å². The Hall–Kier alpha value is -1.38. The van der Waals surface area contributed by atoms with Crippen LogP contribution < -0.4 is 0 Å². The lowest BCUT2D eigenvalue weighted by molar-refractivity contribution is -0.128. The van der Waals surface area contributed by atoms with E-state index in [-0.39, 0.29) is 11.7 Å². The van der Waals surface area contributed by atoms with Gasteiger partial charge < -0.3 is 4.90 Å². The lowest BCUT2D eigenvalue weighted by Crippen LogP contribution is -2.32. The number of rotatable bonds is 1. The zero-order chi connectivity index (χ0) is 12.3. The zero-order valence-electron chi connectivity index (χ0n) is 10.2. The number of likely N-dealkylation sites (tertiary alicyclic amines) is 1. The molecule has 0 saturated carbocycles. The van der Waals surface area contributed by atoms with E-state index in [1.165, 1.54) is 12.1 Å². The Kier molecular flexibility index (Phi) is 3.77. The van der Waals surface area contributed by atoms with Crippen LogP contribution in [0.2, 0.25) is 0 Å². The predicted octanol–water partition coefficient (Wildman–Crippen LogP) is 2.94. The SMILES string of the molecule is CC(=O)N1CCCC[C@H](c2ccc(F)cc2)C1. The molecule has 0 radical (unpaired) electrons. The molecule has 17 heavy (non-hydrogen) atoms. The summed E-state index contributed by atoms with van der Waals surface area (Å²) in [6, 6.07) is 6.67. The molecule has 1 heterocycles. The topological polar surface area (TPSA) is 20.3 Å². The normalized spacial score (nSPS) is 21.1. The first-order chi connectivity index (χ1) is 8.16. The third-order valence-corrected chi connectivity index (χ3v) is 3.46. The second kappa shape index (κ2) is 5.30. The van der Waals surface area contributed by atoms with Crippen molar-refractivity contribution < 1.29 is 9.18 Å². The Bertz CT molecular complexity index is 388. The summed E-state index contributed by atoms with van der Waals surface area (Å²) < 4.78 is 12.9. The largest absolute Gasteiger partial charge is 0.342 e. The van der Waals surface area contributed by atoms with Gasteiger partial charge in [0.2, 0.25) is 5.91 Å². The minimum atomic E-state index is -0.203. The van der Waals surface area contributed by atoms with Gasteiger partial charge in [-0.2, -0.15) is 0 Å². The molecule has 0 aromatic heterocycles. The summed E-state index contributed by atoms with van der Waals surface area (Å²) in [6.07, 6.45) is 3.28. The first-order valence-corrected chi connectivity index (χ1v) is 6.18. The summed E-state index contributed by atoms with van der Waals surface area (Å²) >= 11 is 0. The summed E-state index contributed by atoms with van der Waals surface area (Å²) in [5.74, 6) is 0.284. The minimum absolute atomic E-state index is 0.138. The number of nitrogens with zero attached hydrogens (tertiary/aromatic N) is 1. The maximum atomic E-state index is 12.9. The molecule has 2 nitrogen and oxygen atoms in total. The van der Waals surface area contributed by atoms with Crippen molar-refractivity contribution >= 4 is 5.91 Å². The molecule has 0 bridgehead atoms. The molecule has 1 atom stereocenters. The lowest BCUT2D eigenvalue weighted by atomic mass is 9.94. The Balaban J connectivity index is 2.13.